The van der Waals surface area contributed by atoms with Crippen molar-refractivity contribution in [3.05, 3.63) is 69.8 Å². The van der Waals surface area contributed by atoms with Gasteiger partial charge < -0.3 is 0 Å². The molecular formula is C20H18N8OS. The van der Waals surface area contributed by atoms with Gasteiger partial charge >= 0.3 is 0 Å². The van der Waals surface area contributed by atoms with E-state index in [1.165, 1.54) is 21.9 Å². The van der Waals surface area contributed by atoms with E-state index in [9.17, 15) is 4.79 Å². The van der Waals surface area contributed by atoms with Crippen LogP contribution in [0.3, 0.4) is 0 Å². The van der Waals surface area contributed by atoms with E-state index >= 15 is 0 Å². The zero-order chi connectivity index (χ0) is 20.8. The lowest BCUT2D eigenvalue weighted by Crippen LogP contribution is -2.20. The molecule has 0 aliphatic rings. The molecule has 0 spiro atoms. The molecule has 0 unspecified atom stereocenters. The van der Waals surface area contributed by atoms with Gasteiger partial charge in [-0.2, -0.15) is 4.68 Å². The van der Waals surface area contributed by atoms with E-state index in [4.69, 9.17) is 0 Å². The second-order valence-electron chi connectivity index (χ2n) is 7.13. The Hall–Kier alpha value is -3.53. The van der Waals surface area contributed by atoms with E-state index in [2.05, 4.69) is 25.7 Å². The Morgan fingerprint density at radius 1 is 0.967 bits per heavy atom. The molecule has 0 amide bonds. The molecule has 150 valence electrons. The monoisotopic (exact) mass is 418 g/mol. The lowest BCUT2D eigenvalue weighted by atomic mass is 10.1. The van der Waals surface area contributed by atoms with Crippen LogP contribution in [0.2, 0.25) is 0 Å². The first-order chi connectivity index (χ1) is 14.5. The summed E-state index contributed by atoms with van der Waals surface area (Å²) in [6, 6.07) is 13.8. The van der Waals surface area contributed by atoms with Crippen LogP contribution in [0.1, 0.15) is 17.0 Å². The molecule has 0 radical (unpaired) electrons. The van der Waals surface area contributed by atoms with Gasteiger partial charge in [0.2, 0.25) is 10.9 Å². The summed E-state index contributed by atoms with van der Waals surface area (Å²) in [5.74, 6) is 1.72. The molecule has 10 heteroatoms. The fourth-order valence-corrected chi connectivity index (χ4v) is 4.20. The number of hydrogen-bond acceptors (Lipinski definition) is 7. The van der Waals surface area contributed by atoms with Crippen molar-refractivity contribution in [1.82, 2.24) is 39.4 Å². The number of aromatic nitrogens is 8. The van der Waals surface area contributed by atoms with Gasteiger partial charge in [0.1, 0.15) is 5.82 Å². The van der Waals surface area contributed by atoms with Crippen LogP contribution in [-0.2, 0) is 12.8 Å². The molecule has 0 aliphatic carbocycles. The molecule has 5 rings (SSSR count). The minimum absolute atomic E-state index is 0.0869. The van der Waals surface area contributed by atoms with Crippen molar-refractivity contribution in [2.45, 2.75) is 24.8 Å². The highest BCUT2D eigenvalue weighted by Gasteiger charge is 2.17. The Balaban J connectivity index is 1.55. The Labute approximate surface area is 175 Å². The molecule has 9 nitrogen and oxygen atoms in total. The third kappa shape index (κ3) is 2.96. The standard InChI is InChI=1S/C20H18N8OS/c1-12-4-7-14(8-5-12)28-20(23-24-25-28)30-11-17-21-22-19-26(3)18(29)15-10-13(2)6-9-16(15)27(17)19/h4-10H,11H2,1-3H3. The zero-order valence-corrected chi connectivity index (χ0v) is 17.5. The van der Waals surface area contributed by atoms with Crippen LogP contribution < -0.4 is 5.56 Å². The zero-order valence-electron chi connectivity index (χ0n) is 16.6. The second kappa shape index (κ2) is 7.06. The smallest absolute Gasteiger partial charge is 0.262 e. The van der Waals surface area contributed by atoms with Gasteiger partial charge in [-0.15, -0.1) is 15.3 Å². The van der Waals surface area contributed by atoms with Crippen LogP contribution in [0, 0.1) is 13.8 Å². The first-order valence-corrected chi connectivity index (χ1v) is 10.3. The van der Waals surface area contributed by atoms with Gasteiger partial charge in [0.25, 0.3) is 5.56 Å². The van der Waals surface area contributed by atoms with Crippen LogP contribution in [0.15, 0.2) is 52.4 Å². The first-order valence-electron chi connectivity index (χ1n) is 9.34. The highest BCUT2D eigenvalue weighted by molar-refractivity contribution is 7.98. The van der Waals surface area contributed by atoms with Gasteiger partial charge in [0.15, 0.2) is 0 Å². The van der Waals surface area contributed by atoms with Crippen molar-refractivity contribution >= 4 is 28.4 Å². The molecule has 0 bridgehead atoms. The van der Waals surface area contributed by atoms with Gasteiger partial charge in [-0.1, -0.05) is 41.1 Å². The van der Waals surface area contributed by atoms with E-state index < -0.39 is 0 Å². The molecule has 0 atom stereocenters. The van der Waals surface area contributed by atoms with E-state index in [0.29, 0.717) is 22.1 Å². The third-order valence-corrected chi connectivity index (χ3v) is 5.91. The molecule has 0 N–H and O–H groups in total. The van der Waals surface area contributed by atoms with Crippen LogP contribution in [-0.4, -0.2) is 39.4 Å². The van der Waals surface area contributed by atoms with Crippen molar-refractivity contribution in [3.8, 4) is 5.69 Å². The lowest BCUT2D eigenvalue weighted by molar-refractivity contribution is 0.755. The molecule has 3 heterocycles. The fourth-order valence-electron chi connectivity index (χ4n) is 3.40. The van der Waals surface area contributed by atoms with Crippen LogP contribution in [0.4, 0.5) is 0 Å². The maximum atomic E-state index is 12.7. The van der Waals surface area contributed by atoms with E-state index in [1.54, 1.807) is 11.7 Å². The summed E-state index contributed by atoms with van der Waals surface area (Å²) >= 11 is 1.46. The normalized spacial score (nSPS) is 11.6. The highest BCUT2D eigenvalue weighted by atomic mass is 32.2. The number of aryl methyl sites for hydroxylation is 3. The molecular weight excluding hydrogens is 400 g/mol. The lowest BCUT2D eigenvalue weighted by Gasteiger charge is -2.08. The summed E-state index contributed by atoms with van der Waals surface area (Å²) < 4.78 is 5.15. The van der Waals surface area contributed by atoms with Crippen molar-refractivity contribution in [3.63, 3.8) is 0 Å². The molecule has 5 aromatic rings. The largest absolute Gasteiger partial charge is 0.279 e. The molecule has 30 heavy (non-hydrogen) atoms. The summed E-state index contributed by atoms with van der Waals surface area (Å²) in [4.78, 5) is 12.7. The minimum Gasteiger partial charge on any atom is -0.279 e. The third-order valence-electron chi connectivity index (χ3n) is 4.99. The van der Waals surface area contributed by atoms with Crippen LogP contribution in [0.5, 0.6) is 0 Å². The average Bonchev–Trinajstić information content (AvgIpc) is 3.38. The predicted octanol–water partition coefficient (Wildman–Crippen LogP) is 2.47. The summed E-state index contributed by atoms with van der Waals surface area (Å²) in [6.07, 6.45) is 0. The van der Waals surface area contributed by atoms with E-state index in [1.807, 2.05) is 60.7 Å². The number of tetrazole rings is 1. The summed E-state index contributed by atoms with van der Waals surface area (Å²) in [5, 5.41) is 22.0. The van der Waals surface area contributed by atoms with Crippen LogP contribution in [0.25, 0.3) is 22.4 Å². The molecule has 0 fully saturated rings. The molecule has 0 saturated heterocycles. The van der Waals surface area contributed by atoms with Gasteiger partial charge in [-0.05, 0) is 48.5 Å². The molecule has 0 saturated carbocycles. The second-order valence-corrected chi connectivity index (χ2v) is 8.08. The topological polar surface area (TPSA) is 95.8 Å². The van der Waals surface area contributed by atoms with Gasteiger partial charge in [0, 0.05) is 7.05 Å². The average molecular weight is 418 g/mol. The number of rotatable bonds is 4. The Kier molecular flexibility index (Phi) is 4.35. The number of hydrogen-bond donors (Lipinski definition) is 0. The predicted molar refractivity (Wildman–Crippen MR) is 114 cm³/mol. The van der Waals surface area contributed by atoms with Gasteiger partial charge in [0.05, 0.1) is 22.3 Å². The first kappa shape index (κ1) is 18.5. The maximum Gasteiger partial charge on any atom is 0.262 e. The fraction of sp³-hybridized carbons (Fsp3) is 0.200. The maximum absolute atomic E-state index is 12.7. The summed E-state index contributed by atoms with van der Waals surface area (Å²) in [5.41, 5.74) is 3.79. The van der Waals surface area contributed by atoms with E-state index in [0.717, 1.165) is 22.6 Å². The number of nitrogens with zero attached hydrogens (tertiary/aromatic N) is 8. The number of thioether (sulfide) groups is 1. The summed E-state index contributed by atoms with van der Waals surface area (Å²) in [7, 11) is 1.71. The van der Waals surface area contributed by atoms with Crippen molar-refractivity contribution < 1.29 is 0 Å². The van der Waals surface area contributed by atoms with Crippen molar-refractivity contribution in [2.24, 2.45) is 7.05 Å². The van der Waals surface area contributed by atoms with Gasteiger partial charge in [-0.25, -0.2) is 0 Å². The molecule has 3 aromatic heterocycles. The molecule has 0 aliphatic heterocycles. The Morgan fingerprint density at radius 3 is 2.53 bits per heavy atom. The minimum atomic E-state index is -0.0869. The van der Waals surface area contributed by atoms with Crippen molar-refractivity contribution in [1.29, 1.82) is 0 Å². The quantitative estimate of drug-likeness (QED) is 0.414. The van der Waals surface area contributed by atoms with Crippen LogP contribution >= 0.6 is 11.8 Å². The van der Waals surface area contributed by atoms with Gasteiger partial charge in [-0.3, -0.25) is 13.8 Å². The Morgan fingerprint density at radius 2 is 1.73 bits per heavy atom. The highest BCUT2D eigenvalue weighted by Crippen LogP contribution is 2.24. The molecule has 2 aromatic carbocycles. The SMILES string of the molecule is Cc1ccc(-n2nnnc2SCc2nnc3n(C)c(=O)c4cc(C)ccc4n23)cc1. The van der Waals surface area contributed by atoms with E-state index in [-0.39, 0.29) is 5.56 Å². The summed E-state index contributed by atoms with van der Waals surface area (Å²) in [6.45, 7) is 4.01. The number of benzene rings is 2. The number of fused-ring (bicyclic) bond motifs is 3. The van der Waals surface area contributed by atoms with Crippen molar-refractivity contribution in [2.75, 3.05) is 0 Å². The Bertz CT molecular complexity index is 1450.